The van der Waals surface area contributed by atoms with Crippen LogP contribution in [0.1, 0.15) is 33.1 Å². The summed E-state index contributed by atoms with van der Waals surface area (Å²) in [6.45, 7) is 7.01. The van der Waals surface area contributed by atoms with Crippen LogP contribution < -0.4 is 14.9 Å². The average Bonchev–Trinajstić information content (AvgIpc) is 3.11. The summed E-state index contributed by atoms with van der Waals surface area (Å²) in [4.78, 5) is 14.9. The van der Waals surface area contributed by atoms with Crippen molar-refractivity contribution in [2.24, 2.45) is 0 Å². The van der Waals surface area contributed by atoms with Gasteiger partial charge < -0.3 is 29.5 Å². The van der Waals surface area contributed by atoms with E-state index in [0.29, 0.717) is 20.7 Å². The number of ether oxygens (including phenoxy) is 3. The Morgan fingerprint density at radius 1 is 1.33 bits per heavy atom. The Hall–Kier alpha value is -2.28. The van der Waals surface area contributed by atoms with Gasteiger partial charge in [0.15, 0.2) is 11.3 Å². The minimum Gasteiger partial charge on any atom is -0.739 e. The highest BCUT2D eigenvalue weighted by Gasteiger charge is 2.34. The normalized spacial score (nSPS) is 21.4. The summed E-state index contributed by atoms with van der Waals surface area (Å²) >= 11 is 3.26. The van der Waals surface area contributed by atoms with Crippen LogP contribution in [0.4, 0.5) is 5.95 Å². The zero-order chi connectivity index (χ0) is 23.6. The van der Waals surface area contributed by atoms with Crippen molar-refractivity contribution >= 4 is 38.9 Å². The quantitative estimate of drug-likeness (QED) is 0.322. The molecule has 1 N–H and O–H groups in total. The molecule has 1 aromatic heterocycles. The number of nitrogens with one attached hydrogen (secondary N) is 1. The fourth-order valence-corrected chi connectivity index (χ4v) is 4.44. The predicted octanol–water partition coefficient (Wildman–Crippen LogP) is 1.23. The molecule has 180 valence electrons. The molecule has 0 radical (unpaired) electrons. The van der Waals surface area contributed by atoms with Crippen molar-refractivity contribution in [2.75, 3.05) is 38.1 Å². The summed E-state index contributed by atoms with van der Waals surface area (Å²) in [6.07, 6.45) is 1.51. The van der Waals surface area contributed by atoms with Gasteiger partial charge in [0.2, 0.25) is 5.10 Å². The second kappa shape index (κ2) is 9.92. The van der Waals surface area contributed by atoms with Crippen LogP contribution >= 0.6 is 15.9 Å². The predicted molar refractivity (Wildman–Crippen MR) is 121 cm³/mol. The third-order valence-electron chi connectivity index (χ3n) is 5.71. The van der Waals surface area contributed by atoms with Crippen molar-refractivity contribution in [2.45, 2.75) is 51.1 Å². The van der Waals surface area contributed by atoms with Gasteiger partial charge in [-0.25, -0.2) is 4.73 Å². The highest BCUT2D eigenvalue weighted by atomic mass is 79.9. The molecule has 2 fully saturated rings. The Morgan fingerprint density at radius 3 is 2.79 bits per heavy atom. The Kier molecular flexibility index (Phi) is 7.17. The van der Waals surface area contributed by atoms with Crippen molar-refractivity contribution in [3.05, 3.63) is 33.1 Å². The third-order valence-corrected chi connectivity index (χ3v) is 6.21. The number of carbonyl (C=O) groups is 1. The van der Waals surface area contributed by atoms with E-state index in [1.807, 2.05) is 13.8 Å². The number of hydrogen-bond donors (Lipinski definition) is 1. The molecule has 2 aliphatic heterocycles. The molecule has 33 heavy (non-hydrogen) atoms. The molecule has 11 nitrogen and oxygen atoms in total. The minimum absolute atomic E-state index is 0.0570. The molecular formula is C21H28BrN5O6. The average molecular weight is 526 g/mol. The lowest BCUT2D eigenvalue weighted by atomic mass is 10.1. The van der Waals surface area contributed by atoms with Crippen molar-refractivity contribution in [3.8, 4) is 0 Å². The van der Waals surface area contributed by atoms with E-state index in [4.69, 9.17) is 14.2 Å². The van der Waals surface area contributed by atoms with Crippen LogP contribution in [-0.4, -0.2) is 66.7 Å². The van der Waals surface area contributed by atoms with Gasteiger partial charge in [0, 0.05) is 35.0 Å². The lowest BCUT2D eigenvalue weighted by molar-refractivity contribution is -0.672. The largest absolute Gasteiger partial charge is 0.739 e. The number of carbonyl (C=O) groups excluding carboxylic acids is 1. The molecule has 0 spiro atoms. The van der Waals surface area contributed by atoms with E-state index in [1.54, 1.807) is 6.07 Å². The maximum absolute atomic E-state index is 12.5. The van der Waals surface area contributed by atoms with Crippen LogP contribution in [0.3, 0.4) is 0 Å². The van der Waals surface area contributed by atoms with Crippen LogP contribution in [0.5, 0.6) is 0 Å². The molecule has 1 unspecified atom stereocenters. The maximum Gasteiger partial charge on any atom is 0.460 e. The van der Waals surface area contributed by atoms with E-state index in [0.717, 1.165) is 32.5 Å². The number of anilines is 1. The molecule has 2 aliphatic rings. The van der Waals surface area contributed by atoms with E-state index in [-0.39, 0.29) is 48.1 Å². The Balaban J connectivity index is 1.20. The standard InChI is InChI=1S/C21H28BrN5O6/c1-21(2)31-13-16(33-21)12-25-9-6-15(7-10-25)32-19(28)5-8-23-20-24-27(30)18-11-14(22)3-4-17(18)26(20)29/h3-4,11,15-16H,5-10,12-13H2,1-2H3,(H,23,24). The van der Waals surface area contributed by atoms with Gasteiger partial charge in [0.25, 0.3) is 0 Å². The summed E-state index contributed by atoms with van der Waals surface area (Å²) in [5, 5.41) is 31.0. The first-order valence-electron chi connectivity index (χ1n) is 11.0. The highest BCUT2D eigenvalue weighted by Crippen LogP contribution is 2.24. The molecular weight excluding hydrogens is 498 g/mol. The first kappa shape index (κ1) is 23.9. The van der Waals surface area contributed by atoms with Gasteiger partial charge in [-0.3, -0.25) is 10.1 Å². The lowest BCUT2D eigenvalue weighted by Crippen LogP contribution is -2.44. The fraction of sp³-hybridized carbons (Fsp3) is 0.619. The summed E-state index contributed by atoms with van der Waals surface area (Å²) in [5.41, 5.74) is 0.324. The van der Waals surface area contributed by atoms with Gasteiger partial charge in [-0.05, 0) is 38.8 Å². The number of nitrogens with zero attached hydrogens (tertiary/aromatic N) is 4. The van der Waals surface area contributed by atoms with Gasteiger partial charge in [0.05, 0.1) is 25.7 Å². The Morgan fingerprint density at radius 2 is 2.09 bits per heavy atom. The molecule has 1 atom stereocenters. The number of esters is 1. The van der Waals surface area contributed by atoms with Crippen LogP contribution in [0.15, 0.2) is 22.7 Å². The molecule has 0 aliphatic carbocycles. The van der Waals surface area contributed by atoms with Crippen molar-refractivity contribution in [3.63, 3.8) is 0 Å². The minimum atomic E-state index is -0.522. The molecule has 0 saturated carbocycles. The van der Waals surface area contributed by atoms with Crippen molar-refractivity contribution < 1.29 is 28.6 Å². The third kappa shape index (κ3) is 5.99. The zero-order valence-corrected chi connectivity index (χ0v) is 20.2. The molecule has 0 bridgehead atoms. The molecule has 1 aromatic carbocycles. The smallest absolute Gasteiger partial charge is 0.460 e. The maximum atomic E-state index is 12.5. The number of rotatable bonds is 7. The fourth-order valence-electron chi connectivity index (χ4n) is 4.10. The van der Waals surface area contributed by atoms with Crippen LogP contribution in [0.2, 0.25) is 0 Å². The van der Waals surface area contributed by atoms with E-state index >= 15 is 0 Å². The molecule has 0 amide bonds. The van der Waals surface area contributed by atoms with E-state index < -0.39 is 5.79 Å². The summed E-state index contributed by atoms with van der Waals surface area (Å²) < 4.78 is 18.3. The monoisotopic (exact) mass is 525 g/mol. The van der Waals surface area contributed by atoms with Crippen LogP contribution in [0.25, 0.3) is 11.0 Å². The Bertz CT molecular complexity index is 1010. The van der Waals surface area contributed by atoms with Gasteiger partial charge in [-0.1, -0.05) is 15.9 Å². The summed E-state index contributed by atoms with van der Waals surface area (Å²) in [6, 6.07) is 4.71. The van der Waals surface area contributed by atoms with Crippen LogP contribution in [-0.2, 0) is 19.0 Å². The molecule has 3 heterocycles. The van der Waals surface area contributed by atoms with E-state index in [1.165, 1.54) is 12.1 Å². The van der Waals surface area contributed by atoms with Crippen molar-refractivity contribution in [1.82, 2.24) is 10.00 Å². The SMILES string of the molecule is CC1(C)OCC(CN2CCC(OC(=O)CCNc3n[n+]([O-])c4cc(Br)ccc4[n+]3[O-])CC2)O1. The second-order valence-corrected chi connectivity index (χ2v) is 9.66. The van der Waals surface area contributed by atoms with Gasteiger partial charge in [0.1, 0.15) is 6.10 Å². The van der Waals surface area contributed by atoms with Crippen LogP contribution in [0, 0.1) is 10.4 Å². The topological polar surface area (TPSA) is 127 Å². The number of fused-ring (bicyclic) bond motifs is 1. The molecule has 4 rings (SSSR count). The number of likely N-dealkylation sites (tertiary alicyclic amines) is 1. The highest BCUT2D eigenvalue weighted by molar-refractivity contribution is 9.10. The number of halogens is 1. The molecule has 2 saturated heterocycles. The number of hydrogen-bond acceptors (Lipinski definition) is 9. The van der Waals surface area contributed by atoms with E-state index in [9.17, 15) is 15.2 Å². The number of piperidine rings is 1. The van der Waals surface area contributed by atoms with Gasteiger partial charge in [-0.2, -0.15) is 0 Å². The van der Waals surface area contributed by atoms with E-state index in [2.05, 4.69) is 31.2 Å². The van der Waals surface area contributed by atoms with Crippen molar-refractivity contribution in [1.29, 1.82) is 0 Å². The number of aromatic nitrogens is 3. The van der Waals surface area contributed by atoms with Gasteiger partial charge in [-0.15, -0.1) is 0 Å². The molecule has 2 aromatic rings. The Labute approximate surface area is 199 Å². The summed E-state index contributed by atoms with van der Waals surface area (Å²) in [7, 11) is 0. The lowest BCUT2D eigenvalue weighted by Gasteiger charge is -2.32. The first-order chi connectivity index (χ1) is 15.7. The second-order valence-electron chi connectivity index (χ2n) is 8.74. The zero-order valence-electron chi connectivity index (χ0n) is 18.7. The van der Waals surface area contributed by atoms with Gasteiger partial charge >= 0.3 is 17.4 Å². The number of benzene rings is 1. The molecule has 12 heteroatoms. The first-order valence-corrected chi connectivity index (χ1v) is 11.8. The summed E-state index contributed by atoms with van der Waals surface area (Å²) in [5.74, 6) is -1.04.